The fourth-order valence-electron chi connectivity index (χ4n) is 2.38. The molecule has 1 aromatic rings. The van der Waals surface area contributed by atoms with Gasteiger partial charge in [-0.05, 0) is 31.4 Å². The van der Waals surface area contributed by atoms with Gasteiger partial charge in [-0.2, -0.15) is 0 Å². The van der Waals surface area contributed by atoms with E-state index in [-0.39, 0.29) is 17.7 Å². The highest BCUT2D eigenvalue weighted by Gasteiger charge is 2.27. The quantitative estimate of drug-likeness (QED) is 0.801. The van der Waals surface area contributed by atoms with Crippen LogP contribution in [0.15, 0.2) is 12.1 Å². The van der Waals surface area contributed by atoms with Crippen LogP contribution < -0.4 is 5.32 Å². The Bertz CT molecular complexity index is 489. The second-order valence-corrected chi connectivity index (χ2v) is 4.84. The molecular weight excluding hydrogens is 262 g/mol. The van der Waals surface area contributed by atoms with Gasteiger partial charge in [0.15, 0.2) is 5.69 Å². The SMILES string of the molecule is COC(=O)c1ccc(NC2CCCC(C(=O)O)C2)nn1. The van der Waals surface area contributed by atoms with Gasteiger partial charge in [0.1, 0.15) is 5.82 Å². The van der Waals surface area contributed by atoms with Gasteiger partial charge in [-0.15, -0.1) is 10.2 Å². The molecule has 1 heterocycles. The topological polar surface area (TPSA) is 101 Å². The number of carboxylic acids is 1. The minimum atomic E-state index is -0.747. The number of aliphatic carboxylic acids is 1. The lowest BCUT2D eigenvalue weighted by molar-refractivity contribution is -0.142. The van der Waals surface area contributed by atoms with Crippen LogP contribution in [0, 0.1) is 5.92 Å². The Kier molecular flexibility index (Phi) is 4.49. The summed E-state index contributed by atoms with van der Waals surface area (Å²) in [7, 11) is 1.28. The molecule has 2 N–H and O–H groups in total. The van der Waals surface area contributed by atoms with E-state index in [1.807, 2.05) is 0 Å². The number of carboxylic acid groups (broad SMARTS) is 1. The predicted octanol–water partition coefficient (Wildman–Crippen LogP) is 1.32. The number of methoxy groups -OCH3 is 1. The monoisotopic (exact) mass is 279 g/mol. The van der Waals surface area contributed by atoms with Crippen molar-refractivity contribution in [2.45, 2.75) is 31.7 Å². The third kappa shape index (κ3) is 3.43. The van der Waals surface area contributed by atoms with Crippen molar-refractivity contribution < 1.29 is 19.4 Å². The number of nitrogens with one attached hydrogen (secondary N) is 1. The lowest BCUT2D eigenvalue weighted by Crippen LogP contribution is -2.31. The van der Waals surface area contributed by atoms with Crippen LogP contribution in [0.4, 0.5) is 5.82 Å². The van der Waals surface area contributed by atoms with E-state index in [1.165, 1.54) is 13.2 Å². The minimum Gasteiger partial charge on any atom is -0.481 e. The van der Waals surface area contributed by atoms with Gasteiger partial charge in [0.05, 0.1) is 13.0 Å². The van der Waals surface area contributed by atoms with Crippen LogP contribution in [-0.4, -0.2) is 40.4 Å². The Labute approximate surface area is 116 Å². The zero-order chi connectivity index (χ0) is 14.5. The zero-order valence-corrected chi connectivity index (χ0v) is 11.2. The average molecular weight is 279 g/mol. The van der Waals surface area contributed by atoms with Crippen molar-refractivity contribution >= 4 is 17.8 Å². The molecular formula is C13H17N3O4. The van der Waals surface area contributed by atoms with Crippen molar-refractivity contribution in [3.8, 4) is 0 Å². The van der Waals surface area contributed by atoms with Crippen LogP contribution >= 0.6 is 0 Å². The standard InChI is InChI=1S/C13H17N3O4/c1-20-13(19)10-5-6-11(16-15-10)14-9-4-2-3-8(7-9)12(17)18/h5-6,8-9H,2-4,7H2,1H3,(H,14,16)(H,17,18). The number of nitrogens with zero attached hydrogens (tertiary/aromatic N) is 2. The molecule has 20 heavy (non-hydrogen) atoms. The van der Waals surface area contributed by atoms with Crippen LogP contribution in [0.1, 0.15) is 36.2 Å². The first-order valence-electron chi connectivity index (χ1n) is 6.51. The van der Waals surface area contributed by atoms with Crippen LogP contribution in [0.25, 0.3) is 0 Å². The lowest BCUT2D eigenvalue weighted by atomic mass is 9.86. The summed E-state index contributed by atoms with van der Waals surface area (Å²) in [6.07, 6.45) is 3.09. The first kappa shape index (κ1) is 14.2. The summed E-state index contributed by atoms with van der Waals surface area (Å²) < 4.78 is 4.54. The molecule has 0 bridgehead atoms. The van der Waals surface area contributed by atoms with E-state index in [0.29, 0.717) is 12.2 Å². The normalized spacial score (nSPS) is 22.1. The van der Waals surface area contributed by atoms with Crippen molar-refractivity contribution in [3.63, 3.8) is 0 Å². The fourth-order valence-corrected chi connectivity index (χ4v) is 2.38. The molecule has 1 saturated carbocycles. The van der Waals surface area contributed by atoms with Gasteiger partial charge in [-0.25, -0.2) is 4.79 Å². The van der Waals surface area contributed by atoms with Crippen LogP contribution in [-0.2, 0) is 9.53 Å². The third-order valence-corrected chi connectivity index (χ3v) is 3.43. The summed E-state index contributed by atoms with van der Waals surface area (Å²) in [6.45, 7) is 0. The molecule has 0 spiro atoms. The van der Waals surface area contributed by atoms with Crippen LogP contribution in [0.2, 0.25) is 0 Å². The van der Waals surface area contributed by atoms with Crippen molar-refractivity contribution in [2.24, 2.45) is 5.92 Å². The van der Waals surface area contributed by atoms with E-state index < -0.39 is 11.9 Å². The molecule has 2 unspecified atom stereocenters. The average Bonchev–Trinajstić information content (AvgIpc) is 2.47. The fraction of sp³-hybridized carbons (Fsp3) is 0.538. The van der Waals surface area contributed by atoms with E-state index in [0.717, 1.165) is 19.3 Å². The maximum Gasteiger partial charge on any atom is 0.358 e. The third-order valence-electron chi connectivity index (χ3n) is 3.43. The largest absolute Gasteiger partial charge is 0.481 e. The van der Waals surface area contributed by atoms with Crippen molar-refractivity contribution in [1.82, 2.24) is 10.2 Å². The number of rotatable bonds is 4. The molecule has 0 radical (unpaired) electrons. The van der Waals surface area contributed by atoms with E-state index in [4.69, 9.17) is 5.11 Å². The molecule has 7 nitrogen and oxygen atoms in total. The van der Waals surface area contributed by atoms with Crippen molar-refractivity contribution in [1.29, 1.82) is 0 Å². The van der Waals surface area contributed by atoms with Crippen molar-refractivity contribution in [2.75, 3.05) is 12.4 Å². The molecule has 2 rings (SSSR count). The summed E-state index contributed by atoms with van der Waals surface area (Å²) in [6, 6.07) is 3.24. The smallest absolute Gasteiger partial charge is 0.358 e. The molecule has 0 aromatic carbocycles. The first-order valence-corrected chi connectivity index (χ1v) is 6.51. The molecule has 1 aliphatic rings. The Morgan fingerprint density at radius 3 is 2.75 bits per heavy atom. The number of carbonyl (C=O) groups excluding carboxylic acids is 1. The summed E-state index contributed by atoms with van der Waals surface area (Å²) >= 11 is 0. The van der Waals surface area contributed by atoms with E-state index in [9.17, 15) is 9.59 Å². The molecule has 108 valence electrons. The van der Waals surface area contributed by atoms with E-state index >= 15 is 0 Å². The Balaban J connectivity index is 1.96. The molecule has 0 aliphatic heterocycles. The number of aromatic nitrogens is 2. The Hall–Kier alpha value is -2.18. The number of carbonyl (C=O) groups is 2. The second kappa shape index (κ2) is 6.31. The number of ether oxygens (including phenoxy) is 1. The molecule has 1 aliphatic carbocycles. The van der Waals surface area contributed by atoms with Gasteiger partial charge in [0, 0.05) is 6.04 Å². The number of hydrogen-bond acceptors (Lipinski definition) is 6. The summed E-state index contributed by atoms with van der Waals surface area (Å²) in [5.74, 6) is -1.05. The highest BCUT2D eigenvalue weighted by Crippen LogP contribution is 2.26. The van der Waals surface area contributed by atoms with Crippen LogP contribution in [0.3, 0.4) is 0 Å². The Morgan fingerprint density at radius 1 is 1.35 bits per heavy atom. The molecule has 7 heteroatoms. The van der Waals surface area contributed by atoms with Gasteiger partial charge in [-0.1, -0.05) is 6.42 Å². The van der Waals surface area contributed by atoms with Crippen molar-refractivity contribution in [3.05, 3.63) is 17.8 Å². The molecule has 0 amide bonds. The number of anilines is 1. The summed E-state index contributed by atoms with van der Waals surface area (Å²) in [5.41, 5.74) is 0.144. The van der Waals surface area contributed by atoms with Gasteiger partial charge in [-0.3, -0.25) is 4.79 Å². The summed E-state index contributed by atoms with van der Waals surface area (Å²) in [5, 5.41) is 19.9. The van der Waals surface area contributed by atoms with E-state index in [2.05, 4.69) is 20.3 Å². The first-order chi connectivity index (χ1) is 9.60. The maximum atomic E-state index is 11.2. The second-order valence-electron chi connectivity index (χ2n) is 4.84. The van der Waals surface area contributed by atoms with Gasteiger partial charge in [0.25, 0.3) is 0 Å². The van der Waals surface area contributed by atoms with Gasteiger partial charge >= 0.3 is 11.9 Å². The number of hydrogen-bond donors (Lipinski definition) is 2. The lowest BCUT2D eigenvalue weighted by Gasteiger charge is -2.27. The molecule has 2 atom stereocenters. The molecule has 0 saturated heterocycles. The molecule has 1 fully saturated rings. The van der Waals surface area contributed by atoms with E-state index in [1.54, 1.807) is 6.07 Å². The molecule has 1 aromatic heterocycles. The van der Waals surface area contributed by atoms with Crippen LogP contribution in [0.5, 0.6) is 0 Å². The summed E-state index contributed by atoms with van der Waals surface area (Å²) in [4.78, 5) is 22.2. The van der Waals surface area contributed by atoms with Gasteiger partial charge in [0.2, 0.25) is 0 Å². The number of esters is 1. The van der Waals surface area contributed by atoms with Gasteiger partial charge < -0.3 is 15.2 Å². The minimum absolute atomic E-state index is 0.0723. The Morgan fingerprint density at radius 2 is 2.15 bits per heavy atom. The predicted molar refractivity (Wildman–Crippen MR) is 70.4 cm³/mol. The highest BCUT2D eigenvalue weighted by molar-refractivity contribution is 5.86. The zero-order valence-electron chi connectivity index (χ0n) is 11.2. The highest BCUT2D eigenvalue weighted by atomic mass is 16.5. The maximum absolute atomic E-state index is 11.2.